The van der Waals surface area contributed by atoms with Gasteiger partial charge in [-0.15, -0.1) is 0 Å². The predicted octanol–water partition coefficient (Wildman–Crippen LogP) is 4.48. The van der Waals surface area contributed by atoms with E-state index in [0.29, 0.717) is 22.6 Å². The average Bonchev–Trinajstić information content (AvgIpc) is 3.62. The van der Waals surface area contributed by atoms with Crippen LogP contribution < -0.4 is 15.4 Å². The summed E-state index contributed by atoms with van der Waals surface area (Å²) < 4.78 is 36.5. The van der Waals surface area contributed by atoms with Crippen molar-refractivity contribution in [1.82, 2.24) is 25.5 Å². The normalized spacial score (nSPS) is 17.2. The summed E-state index contributed by atoms with van der Waals surface area (Å²) in [5.74, 6) is -0.397. The van der Waals surface area contributed by atoms with Crippen molar-refractivity contribution in [3.05, 3.63) is 89.9 Å². The van der Waals surface area contributed by atoms with Crippen molar-refractivity contribution in [2.45, 2.75) is 45.1 Å². The van der Waals surface area contributed by atoms with E-state index in [1.165, 1.54) is 4.90 Å². The Hall–Kier alpha value is -4.84. The first-order valence-corrected chi connectivity index (χ1v) is 13.8. The second-order valence-corrected chi connectivity index (χ2v) is 10.3. The van der Waals surface area contributed by atoms with Gasteiger partial charge in [0.15, 0.2) is 0 Å². The molecule has 3 heterocycles. The number of benzene rings is 2. The molecular weight excluding hydrogens is 560 g/mol. The quantitative estimate of drug-likeness (QED) is 0.250. The SMILES string of the molecule is Cc1cc(C(=O)NCC(=O)N2C[C@H](OC(F)F)C[C@H]2C(=O)N[C@H](C)c2cc3cnccc3[nH]2)ccc1Oc1ccccc1. The summed E-state index contributed by atoms with van der Waals surface area (Å²) >= 11 is 0. The molecule has 2 aromatic carbocycles. The van der Waals surface area contributed by atoms with Gasteiger partial charge in [0.1, 0.15) is 17.5 Å². The van der Waals surface area contributed by atoms with Crippen molar-refractivity contribution >= 4 is 28.6 Å². The van der Waals surface area contributed by atoms with E-state index >= 15 is 0 Å². The van der Waals surface area contributed by atoms with Gasteiger partial charge in [0.2, 0.25) is 11.8 Å². The van der Waals surface area contributed by atoms with Gasteiger partial charge < -0.3 is 30.0 Å². The number of aromatic nitrogens is 2. The lowest BCUT2D eigenvalue weighted by Crippen LogP contribution is -2.49. The zero-order valence-electron chi connectivity index (χ0n) is 23.6. The molecule has 224 valence electrons. The van der Waals surface area contributed by atoms with E-state index in [4.69, 9.17) is 4.74 Å². The van der Waals surface area contributed by atoms with Gasteiger partial charge in [-0.3, -0.25) is 19.4 Å². The number of nitrogens with zero attached hydrogens (tertiary/aromatic N) is 2. The van der Waals surface area contributed by atoms with E-state index in [-0.39, 0.29) is 13.0 Å². The molecular formula is C31H31F2N5O5. The average molecular weight is 592 g/mol. The molecule has 1 aliphatic heterocycles. The molecule has 10 nitrogen and oxygen atoms in total. The highest BCUT2D eigenvalue weighted by molar-refractivity contribution is 5.97. The number of fused-ring (bicyclic) bond motifs is 1. The lowest BCUT2D eigenvalue weighted by atomic mass is 10.1. The lowest BCUT2D eigenvalue weighted by molar-refractivity contribution is -0.160. The smallest absolute Gasteiger partial charge is 0.345 e. The third kappa shape index (κ3) is 7.15. The molecule has 1 aliphatic rings. The van der Waals surface area contributed by atoms with Crippen molar-refractivity contribution < 1.29 is 32.6 Å². The summed E-state index contributed by atoms with van der Waals surface area (Å²) in [5.41, 5.74) is 2.59. The third-order valence-corrected chi connectivity index (χ3v) is 7.26. The summed E-state index contributed by atoms with van der Waals surface area (Å²) in [6.45, 7) is -0.142. The van der Waals surface area contributed by atoms with Crippen LogP contribution in [0, 0.1) is 6.92 Å². The Labute approximate surface area is 246 Å². The molecule has 12 heteroatoms. The number of alkyl halides is 2. The predicted molar refractivity (Wildman–Crippen MR) is 154 cm³/mol. The van der Waals surface area contributed by atoms with Crippen molar-refractivity contribution in [2.24, 2.45) is 0 Å². The number of aryl methyl sites for hydroxylation is 1. The molecule has 1 fully saturated rings. The number of rotatable bonds is 10. The minimum atomic E-state index is -3.06. The number of hydrogen-bond acceptors (Lipinski definition) is 6. The standard InChI is InChI=1S/C31H31F2N5O5/c1-18-12-20(8-9-27(18)42-22-6-4-3-5-7-22)29(40)35-16-28(39)38-17-23(43-31(32)33)14-26(38)30(41)36-19(2)25-13-21-15-34-11-10-24(21)37-25/h3-13,15,19,23,26,31,37H,14,16-17H2,1-2H3,(H,35,40)(H,36,41)/t19-,23-,26+/m1/s1. The monoisotopic (exact) mass is 591 g/mol. The number of para-hydroxylation sites is 1. The number of pyridine rings is 1. The Morgan fingerprint density at radius 1 is 1.12 bits per heavy atom. The molecule has 0 saturated carbocycles. The first kappa shape index (κ1) is 29.6. The maximum absolute atomic E-state index is 13.3. The van der Waals surface area contributed by atoms with Crippen LogP contribution in [0.15, 0.2) is 73.1 Å². The van der Waals surface area contributed by atoms with Gasteiger partial charge in [-0.1, -0.05) is 18.2 Å². The van der Waals surface area contributed by atoms with Crippen LogP contribution >= 0.6 is 0 Å². The van der Waals surface area contributed by atoms with Crippen LogP contribution in [-0.2, 0) is 14.3 Å². The lowest BCUT2D eigenvalue weighted by Gasteiger charge is -2.25. The molecule has 0 unspecified atom stereocenters. The summed E-state index contributed by atoms with van der Waals surface area (Å²) in [6, 6.07) is 16.2. The topological polar surface area (TPSA) is 126 Å². The van der Waals surface area contributed by atoms with Crippen molar-refractivity contribution in [2.75, 3.05) is 13.1 Å². The number of amides is 3. The number of carbonyl (C=O) groups excluding carboxylic acids is 3. The van der Waals surface area contributed by atoms with Crippen LogP contribution in [0.3, 0.4) is 0 Å². The van der Waals surface area contributed by atoms with Crippen LogP contribution in [0.5, 0.6) is 11.5 Å². The molecule has 0 bridgehead atoms. The van der Waals surface area contributed by atoms with Gasteiger partial charge >= 0.3 is 6.61 Å². The molecule has 5 rings (SSSR count). The summed E-state index contributed by atoms with van der Waals surface area (Å²) in [7, 11) is 0. The number of likely N-dealkylation sites (tertiary alicyclic amines) is 1. The highest BCUT2D eigenvalue weighted by atomic mass is 19.3. The van der Waals surface area contributed by atoms with Crippen molar-refractivity contribution in [3.8, 4) is 11.5 Å². The number of nitrogens with one attached hydrogen (secondary N) is 3. The maximum Gasteiger partial charge on any atom is 0.345 e. The van der Waals surface area contributed by atoms with Gasteiger partial charge in [0.05, 0.1) is 18.7 Å². The van der Waals surface area contributed by atoms with E-state index in [1.54, 1.807) is 50.5 Å². The van der Waals surface area contributed by atoms with Crippen LogP contribution in [-0.4, -0.2) is 64.4 Å². The second kappa shape index (κ2) is 13.0. The summed E-state index contributed by atoms with van der Waals surface area (Å²) in [5, 5.41) is 6.28. The van der Waals surface area contributed by atoms with Crippen molar-refractivity contribution in [3.63, 3.8) is 0 Å². The summed E-state index contributed by atoms with van der Waals surface area (Å²) in [6.07, 6.45) is 2.19. The molecule has 3 atom stereocenters. The number of hydrogen-bond donors (Lipinski definition) is 3. The Morgan fingerprint density at radius 3 is 2.63 bits per heavy atom. The first-order chi connectivity index (χ1) is 20.7. The first-order valence-electron chi connectivity index (χ1n) is 13.8. The summed E-state index contributed by atoms with van der Waals surface area (Å²) in [4.78, 5) is 47.8. The molecule has 3 N–H and O–H groups in total. The molecule has 1 saturated heterocycles. The van der Waals surface area contributed by atoms with Crippen molar-refractivity contribution in [1.29, 1.82) is 0 Å². The fourth-order valence-corrected chi connectivity index (χ4v) is 5.06. The molecule has 0 radical (unpaired) electrons. The highest BCUT2D eigenvalue weighted by Crippen LogP contribution is 2.27. The largest absolute Gasteiger partial charge is 0.457 e. The molecule has 3 amide bonds. The number of aromatic amines is 1. The molecule has 4 aromatic rings. The Balaban J connectivity index is 1.22. The number of halogens is 2. The van der Waals surface area contributed by atoms with Gasteiger partial charge in [-0.25, -0.2) is 0 Å². The van der Waals surface area contributed by atoms with Crippen LogP contribution in [0.4, 0.5) is 8.78 Å². The van der Waals surface area contributed by atoms with Crippen LogP contribution in [0.25, 0.3) is 10.9 Å². The second-order valence-electron chi connectivity index (χ2n) is 10.3. The number of ether oxygens (including phenoxy) is 2. The Morgan fingerprint density at radius 2 is 1.91 bits per heavy atom. The maximum atomic E-state index is 13.3. The third-order valence-electron chi connectivity index (χ3n) is 7.26. The minimum absolute atomic E-state index is 0.110. The zero-order chi connectivity index (χ0) is 30.5. The van der Waals surface area contributed by atoms with E-state index in [9.17, 15) is 23.2 Å². The fraction of sp³-hybridized carbons (Fsp3) is 0.290. The van der Waals surface area contributed by atoms with Gasteiger partial charge in [0, 0.05) is 47.5 Å². The van der Waals surface area contributed by atoms with E-state index in [0.717, 1.165) is 16.6 Å². The van der Waals surface area contributed by atoms with E-state index in [1.807, 2.05) is 36.4 Å². The van der Waals surface area contributed by atoms with Gasteiger partial charge in [-0.05, 0) is 61.9 Å². The Kier molecular flexibility index (Phi) is 8.96. The molecule has 0 aliphatic carbocycles. The highest BCUT2D eigenvalue weighted by Gasteiger charge is 2.41. The van der Waals surface area contributed by atoms with E-state index in [2.05, 4.69) is 25.3 Å². The number of H-pyrrole nitrogens is 1. The molecule has 0 spiro atoms. The van der Waals surface area contributed by atoms with Gasteiger partial charge in [0.25, 0.3) is 5.91 Å². The molecule has 2 aromatic heterocycles. The van der Waals surface area contributed by atoms with E-state index < -0.39 is 49.1 Å². The van der Waals surface area contributed by atoms with Crippen LogP contribution in [0.2, 0.25) is 0 Å². The minimum Gasteiger partial charge on any atom is -0.457 e. The van der Waals surface area contributed by atoms with Gasteiger partial charge in [-0.2, -0.15) is 8.78 Å². The number of carbonyl (C=O) groups is 3. The fourth-order valence-electron chi connectivity index (χ4n) is 5.06. The molecule has 43 heavy (non-hydrogen) atoms. The zero-order valence-corrected chi connectivity index (χ0v) is 23.6. The van der Waals surface area contributed by atoms with Crippen LogP contribution in [0.1, 0.15) is 41.0 Å². The Bertz CT molecular complexity index is 1580.